The van der Waals surface area contributed by atoms with Crippen LogP contribution in [0.1, 0.15) is 40.0 Å². The Bertz CT molecular complexity index is 136. The highest BCUT2D eigenvalue weighted by Crippen LogP contribution is 2.25. The highest BCUT2D eigenvalue weighted by molar-refractivity contribution is 4.83. The van der Waals surface area contributed by atoms with Gasteiger partial charge in [-0.05, 0) is 32.6 Å². The van der Waals surface area contributed by atoms with Crippen LogP contribution in [0.15, 0.2) is 0 Å². The zero-order valence-corrected chi connectivity index (χ0v) is 8.38. The molecule has 1 saturated carbocycles. The molecule has 1 rings (SSSR count). The zero-order valence-electron chi connectivity index (χ0n) is 8.38. The van der Waals surface area contributed by atoms with Crippen molar-refractivity contribution >= 4 is 0 Å². The lowest BCUT2D eigenvalue weighted by Gasteiger charge is -2.24. The Morgan fingerprint density at radius 3 is 2.42 bits per heavy atom. The van der Waals surface area contributed by atoms with E-state index in [0.717, 1.165) is 5.92 Å². The molecule has 0 aromatic heterocycles. The van der Waals surface area contributed by atoms with Crippen molar-refractivity contribution in [1.29, 1.82) is 0 Å². The molecule has 0 heterocycles. The quantitative estimate of drug-likeness (QED) is 0.675. The third kappa shape index (κ3) is 2.46. The average molecular weight is 171 g/mol. The maximum Gasteiger partial charge on any atom is 0.0662 e. The number of hydrogen-bond donors (Lipinski definition) is 2. The summed E-state index contributed by atoms with van der Waals surface area (Å²) >= 11 is 0. The largest absolute Gasteiger partial charge is 0.392 e. The van der Waals surface area contributed by atoms with E-state index in [-0.39, 0.29) is 12.1 Å². The number of nitrogens with one attached hydrogen (secondary N) is 1. The summed E-state index contributed by atoms with van der Waals surface area (Å²) in [6.45, 7) is 6.19. The van der Waals surface area contributed by atoms with Gasteiger partial charge >= 0.3 is 0 Å². The Morgan fingerprint density at radius 2 is 2.00 bits per heavy atom. The fourth-order valence-electron chi connectivity index (χ4n) is 1.87. The minimum Gasteiger partial charge on any atom is -0.392 e. The van der Waals surface area contributed by atoms with E-state index in [1.54, 1.807) is 0 Å². The van der Waals surface area contributed by atoms with Crippen LogP contribution in [0.4, 0.5) is 0 Å². The minimum atomic E-state index is -0.238. The second kappa shape index (κ2) is 4.24. The molecule has 1 aliphatic rings. The van der Waals surface area contributed by atoms with Gasteiger partial charge in [-0.1, -0.05) is 13.3 Å². The molecule has 0 radical (unpaired) electrons. The number of rotatable bonds is 3. The first kappa shape index (κ1) is 10.0. The van der Waals surface area contributed by atoms with Crippen LogP contribution in [0.5, 0.6) is 0 Å². The van der Waals surface area contributed by atoms with E-state index in [1.807, 2.05) is 6.92 Å². The van der Waals surface area contributed by atoms with Crippen molar-refractivity contribution in [3.05, 3.63) is 0 Å². The fourth-order valence-corrected chi connectivity index (χ4v) is 1.87. The molecular formula is C10H21NO. The SMILES string of the molecule is CC(O)C(C)NC1CCCC1C. The number of aliphatic hydroxyl groups is 1. The van der Waals surface area contributed by atoms with Gasteiger partial charge in [0, 0.05) is 12.1 Å². The molecule has 1 aliphatic carbocycles. The molecule has 1 fully saturated rings. The lowest BCUT2D eigenvalue weighted by Crippen LogP contribution is -2.43. The van der Waals surface area contributed by atoms with Gasteiger partial charge in [-0.25, -0.2) is 0 Å². The van der Waals surface area contributed by atoms with Crippen molar-refractivity contribution in [2.24, 2.45) is 5.92 Å². The van der Waals surface area contributed by atoms with Crippen molar-refractivity contribution in [2.45, 2.75) is 58.2 Å². The Morgan fingerprint density at radius 1 is 1.33 bits per heavy atom. The molecule has 0 saturated heterocycles. The molecule has 2 heteroatoms. The van der Waals surface area contributed by atoms with E-state index in [2.05, 4.69) is 19.2 Å². The van der Waals surface area contributed by atoms with Gasteiger partial charge in [0.25, 0.3) is 0 Å². The maximum atomic E-state index is 9.30. The van der Waals surface area contributed by atoms with Gasteiger partial charge in [-0.15, -0.1) is 0 Å². The van der Waals surface area contributed by atoms with Gasteiger partial charge in [0.15, 0.2) is 0 Å². The Balaban J connectivity index is 2.30. The number of aliphatic hydroxyl groups excluding tert-OH is 1. The lowest BCUT2D eigenvalue weighted by atomic mass is 10.0. The van der Waals surface area contributed by atoms with Crippen LogP contribution in [0, 0.1) is 5.92 Å². The monoisotopic (exact) mass is 171 g/mol. The van der Waals surface area contributed by atoms with Crippen molar-refractivity contribution in [2.75, 3.05) is 0 Å². The molecule has 4 atom stereocenters. The van der Waals surface area contributed by atoms with E-state index in [1.165, 1.54) is 19.3 Å². The van der Waals surface area contributed by atoms with Crippen LogP contribution in [-0.4, -0.2) is 23.3 Å². The Hall–Kier alpha value is -0.0800. The molecule has 2 N–H and O–H groups in total. The molecule has 0 aromatic carbocycles. The first-order valence-corrected chi connectivity index (χ1v) is 5.05. The van der Waals surface area contributed by atoms with Crippen LogP contribution < -0.4 is 5.32 Å². The van der Waals surface area contributed by atoms with E-state index >= 15 is 0 Å². The molecular weight excluding hydrogens is 150 g/mol. The van der Waals surface area contributed by atoms with Crippen LogP contribution in [0.25, 0.3) is 0 Å². The summed E-state index contributed by atoms with van der Waals surface area (Å²) < 4.78 is 0. The first-order chi connectivity index (χ1) is 5.61. The molecule has 2 nitrogen and oxygen atoms in total. The van der Waals surface area contributed by atoms with Gasteiger partial charge in [0.1, 0.15) is 0 Å². The molecule has 0 aliphatic heterocycles. The Kier molecular flexibility index (Phi) is 3.53. The summed E-state index contributed by atoms with van der Waals surface area (Å²) in [6, 6.07) is 0.866. The molecule has 0 spiro atoms. The first-order valence-electron chi connectivity index (χ1n) is 5.05. The van der Waals surface area contributed by atoms with Crippen molar-refractivity contribution in [3.8, 4) is 0 Å². The maximum absolute atomic E-state index is 9.30. The minimum absolute atomic E-state index is 0.232. The summed E-state index contributed by atoms with van der Waals surface area (Å²) in [5.74, 6) is 0.784. The van der Waals surface area contributed by atoms with E-state index in [4.69, 9.17) is 0 Å². The molecule has 0 bridgehead atoms. The van der Waals surface area contributed by atoms with Crippen LogP contribution in [0.3, 0.4) is 0 Å². The third-order valence-electron chi connectivity index (χ3n) is 3.06. The van der Waals surface area contributed by atoms with Crippen molar-refractivity contribution in [3.63, 3.8) is 0 Å². The van der Waals surface area contributed by atoms with Gasteiger partial charge in [-0.2, -0.15) is 0 Å². The molecule has 4 unspecified atom stereocenters. The Labute approximate surface area is 75.4 Å². The summed E-state index contributed by atoms with van der Waals surface area (Å²) in [4.78, 5) is 0. The second-order valence-corrected chi connectivity index (χ2v) is 4.21. The van der Waals surface area contributed by atoms with Gasteiger partial charge in [-0.3, -0.25) is 0 Å². The second-order valence-electron chi connectivity index (χ2n) is 4.21. The highest BCUT2D eigenvalue weighted by Gasteiger charge is 2.25. The average Bonchev–Trinajstić information content (AvgIpc) is 2.36. The number of hydrogen-bond acceptors (Lipinski definition) is 2. The van der Waals surface area contributed by atoms with Crippen LogP contribution in [-0.2, 0) is 0 Å². The summed E-state index contributed by atoms with van der Waals surface area (Å²) in [5.41, 5.74) is 0. The van der Waals surface area contributed by atoms with Gasteiger partial charge in [0.2, 0.25) is 0 Å². The van der Waals surface area contributed by atoms with Crippen molar-refractivity contribution < 1.29 is 5.11 Å². The summed E-state index contributed by atoms with van der Waals surface area (Å²) in [7, 11) is 0. The summed E-state index contributed by atoms with van der Waals surface area (Å²) in [5, 5.41) is 12.8. The molecule has 0 aromatic rings. The smallest absolute Gasteiger partial charge is 0.0662 e. The predicted octanol–water partition coefficient (Wildman–Crippen LogP) is 1.53. The van der Waals surface area contributed by atoms with Crippen molar-refractivity contribution in [1.82, 2.24) is 5.32 Å². The molecule has 12 heavy (non-hydrogen) atoms. The van der Waals surface area contributed by atoms with Gasteiger partial charge < -0.3 is 10.4 Å². The van der Waals surface area contributed by atoms with Gasteiger partial charge in [0.05, 0.1) is 6.10 Å². The molecule has 0 amide bonds. The van der Waals surface area contributed by atoms with Crippen LogP contribution >= 0.6 is 0 Å². The normalized spacial score (nSPS) is 35.0. The fraction of sp³-hybridized carbons (Fsp3) is 1.00. The summed E-state index contributed by atoms with van der Waals surface area (Å²) in [6.07, 6.45) is 3.71. The lowest BCUT2D eigenvalue weighted by molar-refractivity contribution is 0.142. The predicted molar refractivity (Wildman–Crippen MR) is 51.1 cm³/mol. The topological polar surface area (TPSA) is 32.3 Å². The van der Waals surface area contributed by atoms with E-state index < -0.39 is 0 Å². The van der Waals surface area contributed by atoms with E-state index in [0.29, 0.717) is 6.04 Å². The van der Waals surface area contributed by atoms with Crippen LogP contribution in [0.2, 0.25) is 0 Å². The zero-order chi connectivity index (χ0) is 9.14. The third-order valence-corrected chi connectivity index (χ3v) is 3.06. The van der Waals surface area contributed by atoms with E-state index in [9.17, 15) is 5.11 Å². The molecule has 72 valence electrons. The standard InChI is InChI=1S/C10H21NO/c1-7-5-4-6-10(7)11-8(2)9(3)12/h7-12H,4-6H2,1-3H3. The highest BCUT2D eigenvalue weighted by atomic mass is 16.3.